The van der Waals surface area contributed by atoms with Crippen LogP contribution in [0.15, 0.2) is 41.4 Å². The predicted octanol–water partition coefficient (Wildman–Crippen LogP) is 2.02. The second kappa shape index (κ2) is 10.5. The molecule has 1 saturated heterocycles. The molecule has 2 heterocycles. The van der Waals surface area contributed by atoms with Crippen molar-refractivity contribution in [2.75, 3.05) is 39.3 Å². The summed E-state index contributed by atoms with van der Waals surface area (Å²) in [7, 11) is 0. The van der Waals surface area contributed by atoms with Gasteiger partial charge in [0, 0.05) is 39.3 Å². The molecule has 0 radical (unpaired) electrons. The Morgan fingerprint density at radius 1 is 1.03 bits per heavy atom. The van der Waals surface area contributed by atoms with E-state index in [-0.39, 0.29) is 59.5 Å². The molecule has 4 atom stereocenters. The van der Waals surface area contributed by atoms with Crippen molar-refractivity contribution in [1.82, 2.24) is 20.4 Å². The lowest BCUT2D eigenvalue weighted by Crippen LogP contribution is -2.44. The summed E-state index contributed by atoms with van der Waals surface area (Å²) in [6.07, 6.45) is 6.33. The third kappa shape index (κ3) is 4.82. The lowest BCUT2D eigenvalue weighted by Gasteiger charge is -2.28. The number of imide groups is 1. The van der Waals surface area contributed by atoms with Crippen LogP contribution in [0.3, 0.4) is 0 Å². The number of guanidine groups is 1. The monoisotopic (exact) mass is 563 g/mol. The van der Waals surface area contributed by atoms with Gasteiger partial charge in [-0.1, -0.05) is 36.4 Å². The molecule has 0 spiro atoms. The summed E-state index contributed by atoms with van der Waals surface area (Å²) in [5.74, 6) is 1.08. The van der Waals surface area contributed by atoms with E-state index in [2.05, 4.69) is 52.0 Å². The Morgan fingerprint density at radius 2 is 1.73 bits per heavy atom. The first kappa shape index (κ1) is 24.2. The average Bonchev–Trinajstić information content (AvgIpc) is 3.49. The normalized spacial score (nSPS) is 28.0. The van der Waals surface area contributed by atoms with Crippen LogP contribution in [0.4, 0.5) is 0 Å². The molecule has 2 aliphatic carbocycles. The minimum Gasteiger partial charge on any atom is -0.357 e. The van der Waals surface area contributed by atoms with Gasteiger partial charge in [0.2, 0.25) is 11.8 Å². The summed E-state index contributed by atoms with van der Waals surface area (Å²) in [6.45, 7) is 7.38. The zero-order chi connectivity index (χ0) is 22.1. The summed E-state index contributed by atoms with van der Waals surface area (Å²) >= 11 is 0. The molecule has 7 nitrogen and oxygen atoms in total. The van der Waals surface area contributed by atoms with Crippen LogP contribution < -0.4 is 10.6 Å². The van der Waals surface area contributed by atoms with Crippen molar-refractivity contribution in [1.29, 1.82) is 0 Å². The van der Waals surface area contributed by atoms with Gasteiger partial charge >= 0.3 is 0 Å². The highest BCUT2D eigenvalue weighted by molar-refractivity contribution is 14.0. The van der Waals surface area contributed by atoms with Gasteiger partial charge in [-0.2, -0.15) is 0 Å². The topological polar surface area (TPSA) is 77.0 Å². The smallest absolute Gasteiger partial charge is 0.233 e. The highest BCUT2D eigenvalue weighted by Gasteiger charge is 2.58. The molecule has 178 valence electrons. The second-order valence-electron chi connectivity index (χ2n) is 9.31. The zero-order valence-electron chi connectivity index (χ0n) is 19.2. The Labute approximate surface area is 213 Å². The fraction of sp³-hybridized carbons (Fsp3) is 0.560. The van der Waals surface area contributed by atoms with Crippen LogP contribution in [0.1, 0.15) is 24.5 Å². The van der Waals surface area contributed by atoms with Crippen molar-refractivity contribution < 1.29 is 9.59 Å². The van der Waals surface area contributed by atoms with E-state index < -0.39 is 0 Å². The number of carbonyl (C=O) groups excluding carboxylic acids is 2. The second-order valence-corrected chi connectivity index (χ2v) is 9.31. The average molecular weight is 563 g/mol. The Bertz CT molecular complexity index is 918. The van der Waals surface area contributed by atoms with Gasteiger partial charge in [0.25, 0.3) is 0 Å². The SMILES string of the molecule is CCNC(=NCCN1CCc2ccccc2C1)NCCN1C(=O)C2C3C=CC(C3)C2C1=O.I. The lowest BCUT2D eigenvalue weighted by molar-refractivity contribution is -0.140. The zero-order valence-corrected chi connectivity index (χ0v) is 21.5. The third-order valence-corrected chi connectivity index (χ3v) is 7.43. The number of benzene rings is 1. The standard InChI is InChI=1S/C25H33N5O2.HI/c1-2-26-25(27-10-13-29-12-9-17-5-3-4-6-20(17)16-29)28-11-14-30-23(31)21-18-7-8-19(15-18)22(21)24(30)32;/h3-8,18-19,21-22H,2,9-16H2,1H3,(H2,26,27,28);1H. The van der Waals surface area contributed by atoms with Crippen LogP contribution >= 0.6 is 24.0 Å². The summed E-state index contributed by atoms with van der Waals surface area (Å²) in [6, 6.07) is 8.66. The molecule has 2 bridgehead atoms. The van der Waals surface area contributed by atoms with Crippen LogP contribution in [0, 0.1) is 23.7 Å². The van der Waals surface area contributed by atoms with Crippen molar-refractivity contribution in [2.24, 2.45) is 28.7 Å². The number of nitrogens with zero attached hydrogens (tertiary/aromatic N) is 3. The largest absolute Gasteiger partial charge is 0.357 e. The number of nitrogens with one attached hydrogen (secondary N) is 2. The summed E-state index contributed by atoms with van der Waals surface area (Å²) in [5, 5.41) is 6.57. The van der Waals surface area contributed by atoms with Crippen molar-refractivity contribution in [3.05, 3.63) is 47.5 Å². The highest BCUT2D eigenvalue weighted by atomic mass is 127. The van der Waals surface area contributed by atoms with Crippen LogP contribution in [-0.4, -0.2) is 66.8 Å². The van der Waals surface area contributed by atoms with Gasteiger partial charge in [-0.25, -0.2) is 0 Å². The first-order valence-electron chi connectivity index (χ1n) is 12.0. The van der Waals surface area contributed by atoms with Crippen molar-refractivity contribution in [3.8, 4) is 0 Å². The maximum absolute atomic E-state index is 12.8. The summed E-state index contributed by atoms with van der Waals surface area (Å²) in [4.78, 5) is 34.3. The lowest BCUT2D eigenvalue weighted by atomic mass is 9.85. The first-order valence-corrected chi connectivity index (χ1v) is 12.0. The van der Waals surface area contributed by atoms with Crippen molar-refractivity contribution in [3.63, 3.8) is 0 Å². The van der Waals surface area contributed by atoms with Crippen LogP contribution in [0.5, 0.6) is 0 Å². The molecular weight excluding hydrogens is 529 g/mol. The molecule has 5 rings (SSSR count). The molecule has 4 aliphatic rings. The van der Waals surface area contributed by atoms with E-state index >= 15 is 0 Å². The van der Waals surface area contributed by atoms with Gasteiger partial charge < -0.3 is 10.6 Å². The van der Waals surface area contributed by atoms with E-state index in [1.807, 2.05) is 6.92 Å². The van der Waals surface area contributed by atoms with Gasteiger partial charge in [0.05, 0.1) is 18.4 Å². The maximum Gasteiger partial charge on any atom is 0.233 e. The van der Waals surface area contributed by atoms with Gasteiger partial charge in [0.15, 0.2) is 5.96 Å². The predicted molar refractivity (Wildman–Crippen MR) is 139 cm³/mol. The number of fused-ring (bicyclic) bond motifs is 6. The van der Waals surface area contributed by atoms with E-state index in [0.29, 0.717) is 19.6 Å². The first-order chi connectivity index (χ1) is 15.7. The van der Waals surface area contributed by atoms with Gasteiger partial charge in [-0.05, 0) is 42.7 Å². The molecule has 1 aromatic carbocycles. The number of amides is 2. The molecule has 1 aromatic rings. The van der Waals surface area contributed by atoms with Crippen molar-refractivity contribution in [2.45, 2.75) is 26.3 Å². The molecule has 2 amide bonds. The minimum absolute atomic E-state index is 0. The van der Waals surface area contributed by atoms with Crippen molar-refractivity contribution >= 4 is 41.8 Å². The van der Waals surface area contributed by atoms with Crippen LogP contribution in [-0.2, 0) is 22.6 Å². The van der Waals surface area contributed by atoms with Crippen LogP contribution in [0.2, 0.25) is 0 Å². The third-order valence-electron chi connectivity index (χ3n) is 7.43. The Kier molecular flexibility index (Phi) is 7.73. The summed E-state index contributed by atoms with van der Waals surface area (Å²) in [5.41, 5.74) is 2.88. The van der Waals surface area contributed by atoms with E-state index in [4.69, 9.17) is 4.99 Å². The molecule has 1 saturated carbocycles. The molecule has 33 heavy (non-hydrogen) atoms. The van der Waals surface area contributed by atoms with Crippen LogP contribution in [0.25, 0.3) is 0 Å². The molecule has 4 unspecified atom stereocenters. The number of halogens is 1. The number of hydrogen-bond acceptors (Lipinski definition) is 4. The van der Waals surface area contributed by atoms with Gasteiger partial charge in [0.1, 0.15) is 0 Å². The quantitative estimate of drug-likeness (QED) is 0.175. The minimum atomic E-state index is -0.117. The Balaban J connectivity index is 0.00000259. The highest BCUT2D eigenvalue weighted by Crippen LogP contribution is 2.52. The van der Waals surface area contributed by atoms with E-state index in [1.165, 1.54) is 16.0 Å². The number of likely N-dealkylation sites (tertiary alicyclic amines) is 1. The fourth-order valence-corrected chi connectivity index (χ4v) is 5.86. The molecule has 2 aliphatic heterocycles. The van der Waals surface area contributed by atoms with E-state index in [0.717, 1.165) is 45.0 Å². The number of allylic oxidation sites excluding steroid dienone is 2. The van der Waals surface area contributed by atoms with E-state index in [1.54, 1.807) is 0 Å². The molecule has 2 N–H and O–H groups in total. The fourth-order valence-electron chi connectivity index (χ4n) is 5.86. The number of aliphatic imine (C=N–C) groups is 1. The molecule has 0 aromatic heterocycles. The Hall–Kier alpha value is -1.94. The number of hydrogen-bond donors (Lipinski definition) is 2. The molecule has 8 heteroatoms. The van der Waals surface area contributed by atoms with Gasteiger partial charge in [-0.3, -0.25) is 24.4 Å². The number of rotatable bonds is 7. The molecule has 2 fully saturated rings. The molecular formula is C25H34IN5O2. The maximum atomic E-state index is 12.8. The Morgan fingerprint density at radius 3 is 2.42 bits per heavy atom. The number of carbonyl (C=O) groups is 2. The summed E-state index contributed by atoms with van der Waals surface area (Å²) < 4.78 is 0. The van der Waals surface area contributed by atoms with Gasteiger partial charge in [-0.15, -0.1) is 24.0 Å². The van der Waals surface area contributed by atoms with E-state index in [9.17, 15) is 9.59 Å².